The molecule has 7 nitrogen and oxygen atoms in total. The predicted molar refractivity (Wildman–Crippen MR) is 91.0 cm³/mol. The molecule has 25 heavy (non-hydrogen) atoms. The normalized spacial score (nSPS) is 22.2. The number of pyridine rings is 1. The van der Waals surface area contributed by atoms with E-state index in [4.69, 9.17) is 9.47 Å². The maximum absolute atomic E-state index is 11.6. The number of rotatable bonds is 6. The molecule has 0 N–H and O–H groups in total. The van der Waals surface area contributed by atoms with Gasteiger partial charge in [0, 0.05) is 32.1 Å². The van der Waals surface area contributed by atoms with Gasteiger partial charge in [-0.05, 0) is 31.0 Å². The summed E-state index contributed by atoms with van der Waals surface area (Å²) >= 11 is 0. The largest absolute Gasteiger partial charge is 0.492 e. The molecule has 0 aliphatic carbocycles. The van der Waals surface area contributed by atoms with E-state index in [2.05, 4.69) is 10.1 Å². The van der Waals surface area contributed by atoms with Crippen LogP contribution in [0.1, 0.15) is 32.4 Å². The number of amides is 1. The molecule has 0 spiro atoms. The number of carbonyl (C=O) groups excluding carboxylic acids is 1. The first-order valence-corrected chi connectivity index (χ1v) is 8.74. The van der Waals surface area contributed by atoms with Gasteiger partial charge in [0.25, 0.3) is 0 Å². The second kappa shape index (κ2) is 6.84. The first-order valence-electron chi connectivity index (χ1n) is 8.74. The molecule has 4 heterocycles. The number of epoxide rings is 1. The summed E-state index contributed by atoms with van der Waals surface area (Å²) in [5.41, 5.74) is 1.79. The lowest BCUT2D eigenvalue weighted by Gasteiger charge is -2.23. The summed E-state index contributed by atoms with van der Waals surface area (Å²) in [6, 6.07) is 6.09. The Kier molecular flexibility index (Phi) is 4.40. The van der Waals surface area contributed by atoms with Gasteiger partial charge in [0.15, 0.2) is 6.23 Å². The summed E-state index contributed by atoms with van der Waals surface area (Å²) < 4.78 is 12.9. The van der Waals surface area contributed by atoms with Gasteiger partial charge in [-0.25, -0.2) is 4.68 Å². The molecule has 2 aliphatic heterocycles. The van der Waals surface area contributed by atoms with E-state index in [1.165, 1.54) is 0 Å². The van der Waals surface area contributed by atoms with E-state index in [9.17, 15) is 4.79 Å². The number of nitrogens with zero attached hydrogens (tertiary/aromatic N) is 4. The SMILES string of the molecule is CC(=O)N1CCC[C@@H]1CCOc1ccc(-c2ccnn2C2CO2)nc1. The van der Waals surface area contributed by atoms with E-state index in [0.29, 0.717) is 19.3 Å². The number of ether oxygens (including phenoxy) is 2. The first kappa shape index (κ1) is 16.1. The molecule has 1 amide bonds. The van der Waals surface area contributed by atoms with Gasteiger partial charge in [0.1, 0.15) is 5.75 Å². The quantitative estimate of drug-likeness (QED) is 0.753. The molecule has 7 heteroatoms. The summed E-state index contributed by atoms with van der Waals surface area (Å²) in [5, 5.41) is 4.28. The molecular weight excluding hydrogens is 320 g/mol. The van der Waals surface area contributed by atoms with Crippen LogP contribution in [-0.4, -0.2) is 51.4 Å². The van der Waals surface area contributed by atoms with E-state index in [-0.39, 0.29) is 12.1 Å². The fourth-order valence-corrected chi connectivity index (χ4v) is 3.41. The summed E-state index contributed by atoms with van der Waals surface area (Å²) in [6.45, 7) is 3.80. The maximum Gasteiger partial charge on any atom is 0.219 e. The van der Waals surface area contributed by atoms with Crippen molar-refractivity contribution in [3.63, 3.8) is 0 Å². The Hall–Kier alpha value is -2.41. The molecule has 2 aliphatic rings. The average molecular weight is 342 g/mol. The molecule has 2 saturated heterocycles. The van der Waals surface area contributed by atoms with Crippen molar-refractivity contribution in [2.45, 2.75) is 38.5 Å². The van der Waals surface area contributed by atoms with Gasteiger partial charge in [0.05, 0.1) is 30.8 Å². The van der Waals surface area contributed by atoms with E-state index < -0.39 is 0 Å². The Labute approximate surface area is 146 Å². The number of hydrogen-bond acceptors (Lipinski definition) is 5. The smallest absolute Gasteiger partial charge is 0.219 e. The van der Waals surface area contributed by atoms with Crippen LogP contribution in [0.2, 0.25) is 0 Å². The van der Waals surface area contributed by atoms with Crippen LogP contribution < -0.4 is 4.74 Å². The van der Waals surface area contributed by atoms with Crippen molar-refractivity contribution in [3.8, 4) is 17.1 Å². The third kappa shape index (κ3) is 3.51. The van der Waals surface area contributed by atoms with E-state index in [0.717, 1.165) is 42.9 Å². The minimum atomic E-state index is 0.0401. The van der Waals surface area contributed by atoms with Gasteiger partial charge in [-0.3, -0.25) is 9.78 Å². The van der Waals surface area contributed by atoms with Crippen molar-refractivity contribution in [1.82, 2.24) is 19.7 Å². The summed E-state index contributed by atoms with van der Waals surface area (Å²) in [5.74, 6) is 0.898. The van der Waals surface area contributed by atoms with Crippen molar-refractivity contribution in [2.24, 2.45) is 0 Å². The average Bonchev–Trinajstić information content (AvgIpc) is 3.15. The van der Waals surface area contributed by atoms with Crippen LogP contribution in [-0.2, 0) is 9.53 Å². The lowest BCUT2D eigenvalue weighted by molar-refractivity contribution is -0.129. The Bertz CT molecular complexity index is 739. The molecule has 2 fully saturated rings. The Morgan fingerprint density at radius 2 is 2.28 bits per heavy atom. The molecule has 0 aromatic carbocycles. The second-order valence-corrected chi connectivity index (χ2v) is 6.47. The topological polar surface area (TPSA) is 72.8 Å². The zero-order chi connectivity index (χ0) is 17.2. The zero-order valence-corrected chi connectivity index (χ0v) is 14.3. The Balaban J connectivity index is 1.33. The third-order valence-electron chi connectivity index (χ3n) is 4.76. The first-order chi connectivity index (χ1) is 12.2. The summed E-state index contributed by atoms with van der Waals surface area (Å²) in [4.78, 5) is 18.0. The zero-order valence-electron chi connectivity index (χ0n) is 14.3. The van der Waals surface area contributed by atoms with Crippen LogP contribution in [0.3, 0.4) is 0 Å². The predicted octanol–water partition coefficient (Wildman–Crippen LogP) is 2.25. The standard InChI is InChI=1S/C18H22N4O3/c1-13(23)21-9-2-3-14(21)7-10-24-15-4-5-16(19-11-15)17-6-8-20-22(17)18-12-25-18/h4-6,8,11,14,18H,2-3,7,9-10,12H2,1H3/t14-,18?/m1/s1. The van der Waals surface area contributed by atoms with Gasteiger partial charge in [0.2, 0.25) is 5.91 Å². The highest BCUT2D eigenvalue weighted by Gasteiger charge is 2.28. The molecule has 2 aromatic heterocycles. The Morgan fingerprint density at radius 3 is 3.00 bits per heavy atom. The highest BCUT2D eigenvalue weighted by Crippen LogP contribution is 2.29. The Morgan fingerprint density at radius 1 is 1.40 bits per heavy atom. The molecule has 132 valence electrons. The fraction of sp³-hybridized carbons (Fsp3) is 0.500. The minimum absolute atomic E-state index is 0.0401. The molecule has 0 bridgehead atoms. The van der Waals surface area contributed by atoms with Crippen LogP contribution in [0, 0.1) is 0 Å². The van der Waals surface area contributed by atoms with Crippen LogP contribution in [0.25, 0.3) is 11.4 Å². The van der Waals surface area contributed by atoms with Crippen LogP contribution in [0.5, 0.6) is 5.75 Å². The third-order valence-corrected chi connectivity index (χ3v) is 4.76. The van der Waals surface area contributed by atoms with Crippen LogP contribution >= 0.6 is 0 Å². The maximum atomic E-state index is 11.6. The van der Waals surface area contributed by atoms with Crippen molar-refractivity contribution in [3.05, 3.63) is 30.6 Å². The van der Waals surface area contributed by atoms with E-state index in [1.807, 2.05) is 27.8 Å². The number of aromatic nitrogens is 3. The molecule has 2 atom stereocenters. The molecule has 0 saturated carbocycles. The van der Waals surface area contributed by atoms with Crippen LogP contribution in [0.4, 0.5) is 0 Å². The number of carbonyl (C=O) groups is 1. The van der Waals surface area contributed by atoms with Gasteiger partial charge in [-0.2, -0.15) is 5.10 Å². The lowest BCUT2D eigenvalue weighted by Crippen LogP contribution is -2.34. The van der Waals surface area contributed by atoms with E-state index in [1.54, 1.807) is 19.3 Å². The van der Waals surface area contributed by atoms with Crippen molar-refractivity contribution in [1.29, 1.82) is 0 Å². The minimum Gasteiger partial charge on any atom is -0.492 e. The molecular formula is C18H22N4O3. The monoisotopic (exact) mass is 342 g/mol. The van der Waals surface area contributed by atoms with Gasteiger partial charge < -0.3 is 14.4 Å². The summed E-state index contributed by atoms with van der Waals surface area (Å²) in [6.07, 6.45) is 6.53. The highest BCUT2D eigenvalue weighted by atomic mass is 16.6. The number of hydrogen-bond donors (Lipinski definition) is 0. The number of likely N-dealkylation sites (tertiary alicyclic amines) is 1. The fourth-order valence-electron chi connectivity index (χ4n) is 3.41. The van der Waals surface area contributed by atoms with Gasteiger partial charge in [-0.15, -0.1) is 0 Å². The molecule has 4 rings (SSSR count). The van der Waals surface area contributed by atoms with Gasteiger partial charge in [-0.1, -0.05) is 0 Å². The summed E-state index contributed by atoms with van der Waals surface area (Å²) in [7, 11) is 0. The van der Waals surface area contributed by atoms with Crippen molar-refractivity contribution in [2.75, 3.05) is 19.8 Å². The molecule has 1 unspecified atom stereocenters. The molecule has 2 aromatic rings. The highest BCUT2D eigenvalue weighted by molar-refractivity contribution is 5.73. The van der Waals surface area contributed by atoms with Crippen LogP contribution in [0.15, 0.2) is 30.6 Å². The van der Waals surface area contributed by atoms with Crippen molar-refractivity contribution < 1.29 is 14.3 Å². The second-order valence-electron chi connectivity index (χ2n) is 6.47. The van der Waals surface area contributed by atoms with Crippen molar-refractivity contribution >= 4 is 5.91 Å². The van der Waals surface area contributed by atoms with E-state index >= 15 is 0 Å². The van der Waals surface area contributed by atoms with Gasteiger partial charge >= 0.3 is 0 Å². The molecule has 0 radical (unpaired) electrons. The lowest BCUT2D eigenvalue weighted by atomic mass is 10.1.